The first kappa shape index (κ1) is 13.6. The van der Waals surface area contributed by atoms with Crippen molar-refractivity contribution in [1.29, 1.82) is 0 Å². The molecule has 1 aliphatic rings. The van der Waals surface area contributed by atoms with E-state index in [4.69, 9.17) is 15.2 Å². The Morgan fingerprint density at radius 2 is 2.12 bits per heavy atom. The van der Waals surface area contributed by atoms with Gasteiger partial charge in [0.25, 0.3) is 0 Å². The number of carbonyl (C=O) groups excluding carboxylic acids is 1. The lowest BCUT2D eigenvalue weighted by Crippen LogP contribution is -2.13. The smallest absolute Gasteiger partial charge is 0.231 e. The summed E-state index contributed by atoms with van der Waals surface area (Å²) in [7, 11) is 0. The van der Waals surface area contributed by atoms with Gasteiger partial charge < -0.3 is 20.5 Å². The highest BCUT2D eigenvalue weighted by molar-refractivity contribution is 5.91. The second-order valence-electron chi connectivity index (χ2n) is 3.51. The fraction of sp³-hybridized carbons (Fsp3) is 0.364. The molecule has 6 heteroatoms. The van der Waals surface area contributed by atoms with E-state index in [1.807, 2.05) is 0 Å². The van der Waals surface area contributed by atoms with E-state index in [2.05, 4.69) is 5.32 Å². The van der Waals surface area contributed by atoms with Gasteiger partial charge in [-0.15, -0.1) is 12.4 Å². The Hall–Kier alpha value is -1.46. The molecule has 0 bridgehead atoms. The fourth-order valence-electron chi connectivity index (χ4n) is 1.46. The van der Waals surface area contributed by atoms with Crippen LogP contribution in [0.2, 0.25) is 0 Å². The van der Waals surface area contributed by atoms with E-state index < -0.39 is 0 Å². The van der Waals surface area contributed by atoms with Crippen molar-refractivity contribution in [2.45, 2.75) is 12.8 Å². The van der Waals surface area contributed by atoms with Crippen molar-refractivity contribution in [3.63, 3.8) is 0 Å². The Balaban J connectivity index is 0.00000144. The Bertz CT molecular complexity index is 398. The normalized spacial score (nSPS) is 11.8. The number of benzene rings is 1. The number of hydrogen-bond acceptors (Lipinski definition) is 4. The van der Waals surface area contributed by atoms with Crippen LogP contribution in [0.15, 0.2) is 18.2 Å². The second kappa shape index (κ2) is 6.32. The lowest BCUT2D eigenvalue weighted by molar-refractivity contribution is -0.116. The van der Waals surface area contributed by atoms with Crippen molar-refractivity contribution in [3.8, 4) is 11.5 Å². The van der Waals surface area contributed by atoms with E-state index in [1.165, 1.54) is 0 Å². The second-order valence-corrected chi connectivity index (χ2v) is 3.51. The monoisotopic (exact) mass is 258 g/mol. The van der Waals surface area contributed by atoms with E-state index in [9.17, 15) is 4.79 Å². The van der Waals surface area contributed by atoms with E-state index in [-0.39, 0.29) is 25.1 Å². The maximum Gasteiger partial charge on any atom is 0.231 e. The Morgan fingerprint density at radius 3 is 2.88 bits per heavy atom. The molecule has 5 nitrogen and oxygen atoms in total. The number of hydrogen-bond donors (Lipinski definition) is 2. The van der Waals surface area contributed by atoms with E-state index in [1.54, 1.807) is 18.2 Å². The van der Waals surface area contributed by atoms with Crippen molar-refractivity contribution in [3.05, 3.63) is 18.2 Å². The molecule has 0 atom stereocenters. The van der Waals surface area contributed by atoms with Crippen molar-refractivity contribution < 1.29 is 14.3 Å². The largest absolute Gasteiger partial charge is 0.454 e. The number of fused-ring (bicyclic) bond motifs is 1. The van der Waals surface area contributed by atoms with Gasteiger partial charge in [-0.2, -0.15) is 0 Å². The number of rotatable bonds is 4. The summed E-state index contributed by atoms with van der Waals surface area (Å²) in [6, 6.07) is 5.32. The quantitative estimate of drug-likeness (QED) is 0.859. The predicted octanol–water partition coefficient (Wildman–Crippen LogP) is 1.51. The topological polar surface area (TPSA) is 73.6 Å². The number of nitrogens with one attached hydrogen (secondary N) is 1. The van der Waals surface area contributed by atoms with Crippen LogP contribution in [0.4, 0.5) is 5.69 Å². The summed E-state index contributed by atoms with van der Waals surface area (Å²) >= 11 is 0. The molecule has 17 heavy (non-hydrogen) atoms. The number of anilines is 1. The highest BCUT2D eigenvalue weighted by Crippen LogP contribution is 2.34. The number of amides is 1. The molecule has 1 aromatic rings. The number of ether oxygens (including phenoxy) is 2. The van der Waals surface area contributed by atoms with Gasteiger partial charge in [-0.05, 0) is 25.1 Å². The molecule has 3 N–H and O–H groups in total. The molecule has 1 aromatic carbocycles. The molecule has 0 radical (unpaired) electrons. The summed E-state index contributed by atoms with van der Waals surface area (Å²) in [4.78, 5) is 11.4. The van der Waals surface area contributed by atoms with Gasteiger partial charge >= 0.3 is 0 Å². The maximum atomic E-state index is 11.4. The predicted molar refractivity (Wildman–Crippen MR) is 66.7 cm³/mol. The first-order valence-corrected chi connectivity index (χ1v) is 5.19. The zero-order valence-electron chi connectivity index (χ0n) is 9.27. The number of halogens is 1. The van der Waals surface area contributed by atoms with Gasteiger partial charge in [0.1, 0.15) is 0 Å². The Labute approximate surface area is 106 Å². The maximum absolute atomic E-state index is 11.4. The van der Waals surface area contributed by atoms with Gasteiger partial charge in [0, 0.05) is 18.2 Å². The van der Waals surface area contributed by atoms with Gasteiger partial charge in [-0.25, -0.2) is 0 Å². The molecule has 94 valence electrons. The van der Waals surface area contributed by atoms with Gasteiger partial charge in [-0.3, -0.25) is 4.79 Å². The molecule has 1 amide bonds. The van der Waals surface area contributed by atoms with Gasteiger partial charge in [0.2, 0.25) is 12.7 Å². The summed E-state index contributed by atoms with van der Waals surface area (Å²) < 4.78 is 10.4. The molecule has 0 aliphatic carbocycles. The number of carbonyl (C=O) groups is 1. The average molecular weight is 259 g/mol. The summed E-state index contributed by atoms with van der Waals surface area (Å²) in [5.41, 5.74) is 6.04. The van der Waals surface area contributed by atoms with Crippen LogP contribution in [-0.2, 0) is 4.79 Å². The summed E-state index contributed by atoms with van der Waals surface area (Å²) in [5.74, 6) is 1.33. The third kappa shape index (κ3) is 3.51. The van der Waals surface area contributed by atoms with Crippen molar-refractivity contribution in [2.75, 3.05) is 18.7 Å². The average Bonchev–Trinajstić information content (AvgIpc) is 2.73. The van der Waals surface area contributed by atoms with Crippen LogP contribution in [0.5, 0.6) is 11.5 Å². The SMILES string of the molecule is Cl.NCCCC(=O)Nc1ccc2c(c1)OCO2. The molecular weight excluding hydrogens is 244 g/mol. The van der Waals surface area contributed by atoms with Crippen molar-refractivity contribution in [2.24, 2.45) is 5.73 Å². The Morgan fingerprint density at radius 1 is 1.35 bits per heavy atom. The number of nitrogens with two attached hydrogens (primary N) is 1. The minimum atomic E-state index is -0.0377. The van der Waals surface area contributed by atoms with Crippen LogP contribution in [0, 0.1) is 0 Å². The van der Waals surface area contributed by atoms with Gasteiger partial charge in [-0.1, -0.05) is 0 Å². The molecule has 0 saturated heterocycles. The molecule has 1 aliphatic heterocycles. The lowest BCUT2D eigenvalue weighted by Gasteiger charge is -2.05. The molecule has 2 rings (SSSR count). The first-order valence-electron chi connectivity index (χ1n) is 5.19. The zero-order valence-corrected chi connectivity index (χ0v) is 10.1. The van der Waals surface area contributed by atoms with Crippen LogP contribution in [0.1, 0.15) is 12.8 Å². The molecule has 0 unspecified atom stereocenters. The zero-order chi connectivity index (χ0) is 11.4. The van der Waals surface area contributed by atoms with Crippen LogP contribution < -0.4 is 20.5 Å². The molecule has 0 saturated carbocycles. The Kier molecular flexibility index (Phi) is 5.06. The van der Waals surface area contributed by atoms with Crippen molar-refractivity contribution >= 4 is 24.0 Å². The van der Waals surface area contributed by atoms with Gasteiger partial charge in [0.05, 0.1) is 0 Å². The molecule has 0 fully saturated rings. The summed E-state index contributed by atoms with van der Waals surface area (Å²) in [6.45, 7) is 0.758. The van der Waals surface area contributed by atoms with E-state index >= 15 is 0 Å². The van der Waals surface area contributed by atoms with E-state index in [0.29, 0.717) is 36.6 Å². The van der Waals surface area contributed by atoms with Crippen molar-refractivity contribution in [1.82, 2.24) is 0 Å². The molecule has 0 spiro atoms. The van der Waals surface area contributed by atoms with Crippen LogP contribution in [0.3, 0.4) is 0 Å². The summed E-state index contributed by atoms with van der Waals surface area (Å²) in [6.07, 6.45) is 1.13. The highest BCUT2D eigenvalue weighted by Gasteiger charge is 2.13. The fourth-order valence-corrected chi connectivity index (χ4v) is 1.46. The third-order valence-corrected chi connectivity index (χ3v) is 2.26. The summed E-state index contributed by atoms with van der Waals surface area (Å²) in [5, 5.41) is 2.78. The minimum absolute atomic E-state index is 0. The van der Waals surface area contributed by atoms with Crippen LogP contribution in [0.25, 0.3) is 0 Å². The molecule has 1 heterocycles. The minimum Gasteiger partial charge on any atom is -0.454 e. The lowest BCUT2D eigenvalue weighted by atomic mass is 10.2. The highest BCUT2D eigenvalue weighted by atomic mass is 35.5. The van der Waals surface area contributed by atoms with E-state index in [0.717, 1.165) is 0 Å². The van der Waals surface area contributed by atoms with Crippen LogP contribution >= 0.6 is 12.4 Å². The third-order valence-electron chi connectivity index (χ3n) is 2.26. The van der Waals surface area contributed by atoms with Crippen LogP contribution in [-0.4, -0.2) is 19.2 Å². The first-order chi connectivity index (χ1) is 7.79. The molecular formula is C11H15ClN2O3. The molecule has 0 aromatic heterocycles. The standard InChI is InChI=1S/C11H14N2O3.ClH/c12-5-1-2-11(14)13-8-3-4-9-10(6-8)16-7-15-9;/h3-4,6H,1-2,5,7,12H2,(H,13,14);1H. The van der Waals surface area contributed by atoms with Gasteiger partial charge in [0.15, 0.2) is 11.5 Å².